The number of hydrazine groups is 1. The van der Waals surface area contributed by atoms with Gasteiger partial charge in [-0.05, 0) is 47.0 Å². The minimum atomic E-state index is 0.539. The fraction of sp³-hybridized carbons (Fsp3) is 0.417. The van der Waals surface area contributed by atoms with Gasteiger partial charge in [0.2, 0.25) is 5.96 Å². The second-order valence-electron chi connectivity index (χ2n) is 3.83. The lowest BCUT2D eigenvalue weighted by atomic mass is 10.2. The fourth-order valence-electron chi connectivity index (χ4n) is 1.38. The minimum Gasteiger partial charge on any atom is -0.385 e. The molecule has 5 nitrogen and oxygen atoms in total. The fourth-order valence-corrected chi connectivity index (χ4v) is 1.73. The van der Waals surface area contributed by atoms with Crippen molar-refractivity contribution >= 4 is 27.6 Å². The number of nitrogens with two attached hydrogens (primary N) is 1. The molecule has 0 aromatic heterocycles. The standard InChI is InChI=1S/C12H19BrN4O/c1-9-4-5-10(13)11(8-9)16-12(17-14)15-6-3-7-18-2/h4-5,8H,3,6-7,14H2,1-2H3,(H2,15,16,17). The minimum absolute atomic E-state index is 0.539. The Morgan fingerprint density at radius 3 is 2.94 bits per heavy atom. The van der Waals surface area contributed by atoms with Gasteiger partial charge >= 0.3 is 0 Å². The summed E-state index contributed by atoms with van der Waals surface area (Å²) in [6.07, 6.45) is 0.859. The van der Waals surface area contributed by atoms with Gasteiger partial charge in [0.25, 0.3) is 0 Å². The van der Waals surface area contributed by atoms with E-state index in [2.05, 4.69) is 31.7 Å². The van der Waals surface area contributed by atoms with E-state index in [1.807, 2.05) is 25.1 Å². The summed E-state index contributed by atoms with van der Waals surface area (Å²) in [5.74, 6) is 5.97. The van der Waals surface area contributed by atoms with Crippen LogP contribution in [0.15, 0.2) is 27.7 Å². The third-order valence-corrected chi connectivity index (χ3v) is 2.98. The lowest BCUT2D eigenvalue weighted by Crippen LogP contribution is -2.36. The van der Waals surface area contributed by atoms with E-state index in [0.717, 1.165) is 22.1 Å². The zero-order valence-corrected chi connectivity index (χ0v) is 12.3. The van der Waals surface area contributed by atoms with Gasteiger partial charge in [0.05, 0.1) is 5.69 Å². The number of anilines is 1. The van der Waals surface area contributed by atoms with Crippen molar-refractivity contribution in [3.05, 3.63) is 28.2 Å². The van der Waals surface area contributed by atoms with Crippen LogP contribution >= 0.6 is 15.9 Å². The zero-order chi connectivity index (χ0) is 13.4. The smallest absolute Gasteiger partial charge is 0.210 e. The molecule has 1 rings (SSSR count). The first kappa shape index (κ1) is 14.9. The van der Waals surface area contributed by atoms with Gasteiger partial charge < -0.3 is 10.1 Å². The van der Waals surface area contributed by atoms with Gasteiger partial charge in [-0.3, -0.25) is 10.4 Å². The van der Waals surface area contributed by atoms with Crippen molar-refractivity contribution < 1.29 is 4.74 Å². The number of ether oxygens (including phenoxy) is 1. The highest BCUT2D eigenvalue weighted by molar-refractivity contribution is 9.10. The number of halogens is 1. The number of rotatable bonds is 5. The number of benzene rings is 1. The van der Waals surface area contributed by atoms with Crippen LogP contribution in [0.3, 0.4) is 0 Å². The van der Waals surface area contributed by atoms with Crippen LogP contribution in [0.1, 0.15) is 12.0 Å². The van der Waals surface area contributed by atoms with Gasteiger partial charge in [-0.15, -0.1) is 0 Å². The van der Waals surface area contributed by atoms with Gasteiger partial charge in [0, 0.05) is 24.7 Å². The Morgan fingerprint density at radius 1 is 1.50 bits per heavy atom. The molecule has 1 aromatic carbocycles. The Morgan fingerprint density at radius 2 is 2.28 bits per heavy atom. The van der Waals surface area contributed by atoms with Crippen LogP contribution in [0, 0.1) is 6.92 Å². The van der Waals surface area contributed by atoms with Crippen LogP contribution < -0.4 is 16.6 Å². The number of hydrogen-bond donors (Lipinski definition) is 3. The van der Waals surface area contributed by atoms with E-state index in [0.29, 0.717) is 19.1 Å². The van der Waals surface area contributed by atoms with Crippen molar-refractivity contribution in [2.75, 3.05) is 25.6 Å². The van der Waals surface area contributed by atoms with Gasteiger partial charge in [-0.2, -0.15) is 0 Å². The monoisotopic (exact) mass is 314 g/mol. The number of nitrogens with zero attached hydrogens (tertiary/aromatic N) is 1. The molecule has 18 heavy (non-hydrogen) atoms. The second kappa shape index (κ2) is 8.07. The quantitative estimate of drug-likeness (QED) is 0.256. The highest BCUT2D eigenvalue weighted by atomic mass is 79.9. The van der Waals surface area contributed by atoms with E-state index >= 15 is 0 Å². The Kier molecular flexibility index (Phi) is 6.70. The van der Waals surface area contributed by atoms with Gasteiger partial charge in [0.1, 0.15) is 0 Å². The molecular weight excluding hydrogens is 296 g/mol. The van der Waals surface area contributed by atoms with Crippen molar-refractivity contribution in [3.8, 4) is 0 Å². The summed E-state index contributed by atoms with van der Waals surface area (Å²) in [4.78, 5) is 4.31. The van der Waals surface area contributed by atoms with E-state index in [-0.39, 0.29) is 0 Å². The molecule has 0 radical (unpaired) electrons. The predicted octanol–water partition coefficient (Wildman–Crippen LogP) is 2.03. The molecule has 0 aliphatic carbocycles. The van der Waals surface area contributed by atoms with E-state index in [1.165, 1.54) is 0 Å². The summed E-state index contributed by atoms with van der Waals surface area (Å²) in [6, 6.07) is 6.03. The molecule has 0 bridgehead atoms. The van der Waals surface area contributed by atoms with Crippen LogP contribution in [-0.2, 0) is 4.74 Å². The maximum absolute atomic E-state index is 5.43. The molecule has 1 aromatic rings. The first-order valence-corrected chi connectivity index (χ1v) is 6.50. The van der Waals surface area contributed by atoms with E-state index in [4.69, 9.17) is 10.6 Å². The normalized spacial score (nSPS) is 11.4. The summed E-state index contributed by atoms with van der Waals surface area (Å²) in [5.41, 5.74) is 4.64. The van der Waals surface area contributed by atoms with Crippen molar-refractivity contribution in [3.63, 3.8) is 0 Å². The van der Waals surface area contributed by atoms with E-state index < -0.39 is 0 Å². The molecule has 0 heterocycles. The van der Waals surface area contributed by atoms with Gasteiger partial charge in [-0.1, -0.05) is 6.07 Å². The lowest BCUT2D eigenvalue weighted by molar-refractivity contribution is 0.197. The molecule has 6 heteroatoms. The number of guanidine groups is 1. The first-order chi connectivity index (χ1) is 8.67. The Labute approximate surface area is 116 Å². The SMILES string of the molecule is COCCCN=C(NN)Nc1cc(C)ccc1Br. The molecule has 0 aliphatic rings. The van der Waals surface area contributed by atoms with Crippen LogP contribution in [0.4, 0.5) is 5.69 Å². The highest BCUT2D eigenvalue weighted by Gasteiger charge is 2.02. The summed E-state index contributed by atoms with van der Waals surface area (Å²) < 4.78 is 5.93. The van der Waals surface area contributed by atoms with Crippen LogP contribution in [0.5, 0.6) is 0 Å². The topological polar surface area (TPSA) is 71.7 Å². The molecule has 0 aliphatic heterocycles. The largest absolute Gasteiger partial charge is 0.385 e. The number of methoxy groups -OCH3 is 1. The number of aryl methyl sites for hydroxylation is 1. The Bertz CT molecular complexity index is 409. The summed E-state index contributed by atoms with van der Waals surface area (Å²) >= 11 is 3.48. The molecule has 0 amide bonds. The molecule has 4 N–H and O–H groups in total. The predicted molar refractivity (Wildman–Crippen MR) is 78.6 cm³/mol. The average Bonchev–Trinajstić information content (AvgIpc) is 2.37. The molecular formula is C12H19BrN4O. The molecule has 0 spiro atoms. The number of aliphatic imine (C=N–C) groups is 1. The zero-order valence-electron chi connectivity index (χ0n) is 10.7. The molecule has 0 saturated heterocycles. The molecule has 0 atom stereocenters. The van der Waals surface area contributed by atoms with Crippen molar-refractivity contribution in [1.29, 1.82) is 0 Å². The Balaban J connectivity index is 2.64. The van der Waals surface area contributed by atoms with Crippen LogP contribution in [0.25, 0.3) is 0 Å². The van der Waals surface area contributed by atoms with E-state index in [1.54, 1.807) is 7.11 Å². The maximum Gasteiger partial charge on any atom is 0.210 e. The third kappa shape index (κ3) is 5.03. The third-order valence-electron chi connectivity index (χ3n) is 2.29. The number of nitrogens with one attached hydrogen (secondary N) is 2. The average molecular weight is 315 g/mol. The van der Waals surface area contributed by atoms with Crippen molar-refractivity contribution in [1.82, 2.24) is 5.43 Å². The van der Waals surface area contributed by atoms with Crippen LogP contribution in [0.2, 0.25) is 0 Å². The van der Waals surface area contributed by atoms with Crippen LogP contribution in [-0.4, -0.2) is 26.2 Å². The summed E-state index contributed by atoms with van der Waals surface area (Å²) in [6.45, 7) is 3.38. The summed E-state index contributed by atoms with van der Waals surface area (Å²) in [7, 11) is 1.67. The van der Waals surface area contributed by atoms with E-state index in [9.17, 15) is 0 Å². The van der Waals surface area contributed by atoms with Crippen molar-refractivity contribution in [2.24, 2.45) is 10.8 Å². The molecule has 0 saturated carbocycles. The number of hydrogen-bond acceptors (Lipinski definition) is 3. The molecule has 100 valence electrons. The maximum atomic E-state index is 5.43. The highest BCUT2D eigenvalue weighted by Crippen LogP contribution is 2.23. The Hall–Kier alpha value is -1.11. The van der Waals surface area contributed by atoms with Gasteiger partial charge in [-0.25, -0.2) is 5.84 Å². The second-order valence-corrected chi connectivity index (χ2v) is 4.68. The summed E-state index contributed by atoms with van der Waals surface area (Å²) in [5, 5.41) is 3.14. The molecule has 0 fully saturated rings. The van der Waals surface area contributed by atoms with Crippen molar-refractivity contribution in [2.45, 2.75) is 13.3 Å². The molecule has 0 unspecified atom stereocenters. The first-order valence-electron chi connectivity index (χ1n) is 5.70. The van der Waals surface area contributed by atoms with Gasteiger partial charge in [0.15, 0.2) is 0 Å². The lowest BCUT2D eigenvalue weighted by Gasteiger charge is -2.11.